The van der Waals surface area contributed by atoms with Crippen LogP contribution in [0.15, 0.2) is 58.1 Å². The number of nitrogens with zero attached hydrogens (tertiary/aromatic N) is 2. The summed E-state index contributed by atoms with van der Waals surface area (Å²) in [5.41, 5.74) is 1.28. The number of carbonyl (C=O) groups excluding carboxylic acids is 2. The number of sulfonamides is 1. The van der Waals surface area contributed by atoms with Gasteiger partial charge < -0.3 is 20.2 Å². The van der Waals surface area contributed by atoms with Crippen molar-refractivity contribution in [3.8, 4) is 0 Å². The highest BCUT2D eigenvalue weighted by molar-refractivity contribution is 7.89. The topological polar surface area (TPSA) is 142 Å². The number of aliphatic hydroxyl groups is 1. The second kappa shape index (κ2) is 11.8. The average molecular weight is 557 g/mol. The molecule has 39 heavy (non-hydrogen) atoms. The second-order valence-electron chi connectivity index (χ2n) is 10.6. The van der Waals surface area contributed by atoms with Gasteiger partial charge in [-0.25, -0.2) is 13.4 Å². The standard InChI is InChI=1S/C28H36N4O6S/c1-17(2)15-22(31-28(35)26-19(4)20-9-5-6-10-24(20)38-26)27(34)30-21-13-12-18(3)32(16-23(21)33)39(36,37)25-11-7-8-14-29-25/h5-11,14,17-18,21-23,33H,12-13,15-16H2,1-4H3,(H,30,34)(H,31,35)/t18-,21+,22+,23+/m1/s1. The largest absolute Gasteiger partial charge is 0.451 e. The van der Waals surface area contributed by atoms with Gasteiger partial charge in [-0.1, -0.05) is 38.1 Å². The van der Waals surface area contributed by atoms with E-state index in [9.17, 15) is 23.1 Å². The molecule has 210 valence electrons. The van der Waals surface area contributed by atoms with E-state index in [4.69, 9.17) is 4.42 Å². The van der Waals surface area contributed by atoms with Gasteiger partial charge in [0.15, 0.2) is 10.8 Å². The number of β-amino-alcohol motifs (C(OH)–C–C–N with tert-alkyl or cyclic N) is 1. The molecule has 1 aliphatic heterocycles. The molecule has 4 rings (SSSR count). The Labute approximate surface area is 228 Å². The summed E-state index contributed by atoms with van der Waals surface area (Å²) in [4.78, 5) is 30.5. The molecule has 3 heterocycles. The fourth-order valence-corrected chi connectivity index (χ4v) is 6.59. The first-order chi connectivity index (χ1) is 18.5. The van der Waals surface area contributed by atoms with Gasteiger partial charge in [-0.05, 0) is 57.2 Å². The molecule has 3 N–H and O–H groups in total. The van der Waals surface area contributed by atoms with E-state index >= 15 is 0 Å². The number of nitrogens with one attached hydrogen (secondary N) is 2. The molecule has 11 heteroatoms. The van der Waals surface area contributed by atoms with Crippen molar-refractivity contribution in [2.45, 2.75) is 76.2 Å². The summed E-state index contributed by atoms with van der Waals surface area (Å²) in [5.74, 6) is -0.692. The lowest BCUT2D eigenvalue weighted by molar-refractivity contribution is -0.125. The zero-order valence-corrected chi connectivity index (χ0v) is 23.4. The molecule has 0 aliphatic carbocycles. The smallest absolute Gasteiger partial charge is 0.287 e. The maximum absolute atomic E-state index is 13.4. The minimum atomic E-state index is -3.93. The molecular weight excluding hydrogens is 520 g/mol. The molecule has 1 fully saturated rings. The minimum absolute atomic E-state index is 0.0906. The molecule has 3 aromatic rings. The number of furan rings is 1. The van der Waals surface area contributed by atoms with E-state index in [0.29, 0.717) is 30.4 Å². The number of amides is 2. The molecule has 0 bridgehead atoms. The van der Waals surface area contributed by atoms with E-state index in [1.54, 1.807) is 32.0 Å². The lowest BCUT2D eigenvalue weighted by Gasteiger charge is -2.28. The summed E-state index contributed by atoms with van der Waals surface area (Å²) in [7, 11) is -3.93. The Morgan fingerprint density at radius 1 is 1.15 bits per heavy atom. The molecule has 2 aromatic heterocycles. The summed E-state index contributed by atoms with van der Waals surface area (Å²) in [6, 6.07) is 10.0. The van der Waals surface area contributed by atoms with Crippen molar-refractivity contribution >= 4 is 32.8 Å². The Bertz CT molecular complexity index is 1420. The van der Waals surface area contributed by atoms with Crippen molar-refractivity contribution < 1.29 is 27.5 Å². The zero-order valence-electron chi connectivity index (χ0n) is 22.6. The van der Waals surface area contributed by atoms with Crippen LogP contribution in [0.25, 0.3) is 11.0 Å². The van der Waals surface area contributed by atoms with Gasteiger partial charge in [-0.2, -0.15) is 4.31 Å². The van der Waals surface area contributed by atoms with Crippen LogP contribution in [0.4, 0.5) is 0 Å². The lowest BCUT2D eigenvalue weighted by atomic mass is 10.0. The Kier molecular flexibility index (Phi) is 8.73. The highest BCUT2D eigenvalue weighted by Gasteiger charge is 2.38. The van der Waals surface area contributed by atoms with Crippen LogP contribution in [0.1, 0.15) is 56.2 Å². The van der Waals surface area contributed by atoms with E-state index in [2.05, 4.69) is 15.6 Å². The number of aromatic nitrogens is 1. The van der Waals surface area contributed by atoms with Gasteiger partial charge in [0, 0.05) is 29.7 Å². The van der Waals surface area contributed by atoms with E-state index in [1.165, 1.54) is 16.6 Å². The van der Waals surface area contributed by atoms with Crippen molar-refractivity contribution in [3.63, 3.8) is 0 Å². The summed E-state index contributed by atoms with van der Waals surface area (Å²) < 4.78 is 33.4. The molecule has 0 saturated carbocycles. The molecule has 0 radical (unpaired) electrons. The normalized spacial score (nSPS) is 21.4. The average Bonchev–Trinajstić information content (AvgIpc) is 3.17. The van der Waals surface area contributed by atoms with Gasteiger partial charge in [-0.15, -0.1) is 0 Å². The maximum atomic E-state index is 13.4. The maximum Gasteiger partial charge on any atom is 0.287 e. The molecule has 1 aromatic carbocycles. The van der Waals surface area contributed by atoms with E-state index in [0.717, 1.165) is 5.39 Å². The molecular formula is C28H36N4O6S. The fraction of sp³-hybridized carbons (Fsp3) is 0.464. The van der Waals surface area contributed by atoms with Crippen LogP contribution >= 0.6 is 0 Å². The number of aryl methyl sites for hydroxylation is 1. The van der Waals surface area contributed by atoms with E-state index in [1.807, 2.05) is 32.0 Å². The van der Waals surface area contributed by atoms with Crippen LogP contribution in [0.3, 0.4) is 0 Å². The molecule has 1 saturated heterocycles. The van der Waals surface area contributed by atoms with Gasteiger partial charge in [0.1, 0.15) is 11.6 Å². The van der Waals surface area contributed by atoms with Crippen LogP contribution in [0.2, 0.25) is 0 Å². The van der Waals surface area contributed by atoms with Crippen molar-refractivity contribution in [2.24, 2.45) is 5.92 Å². The Hall–Kier alpha value is -3.28. The number of hydrogen-bond donors (Lipinski definition) is 3. The van der Waals surface area contributed by atoms with Crippen molar-refractivity contribution in [1.82, 2.24) is 19.9 Å². The molecule has 1 aliphatic rings. The number of hydrogen-bond acceptors (Lipinski definition) is 7. The SMILES string of the molecule is Cc1c(C(=O)N[C@@H](CC(C)C)C(=O)N[C@H]2CC[C@@H](C)N(S(=O)(=O)c3ccccn3)C[C@@H]2O)oc2ccccc12. The highest BCUT2D eigenvalue weighted by atomic mass is 32.2. The Morgan fingerprint density at radius 3 is 2.54 bits per heavy atom. The Balaban J connectivity index is 1.48. The first-order valence-corrected chi connectivity index (χ1v) is 14.6. The van der Waals surface area contributed by atoms with Crippen LogP contribution in [0.5, 0.6) is 0 Å². The summed E-state index contributed by atoms with van der Waals surface area (Å²) in [5, 5.41) is 17.4. The quantitative estimate of drug-likeness (QED) is 0.387. The van der Waals surface area contributed by atoms with Gasteiger partial charge in [0.05, 0.1) is 12.1 Å². The van der Waals surface area contributed by atoms with Crippen molar-refractivity contribution in [3.05, 3.63) is 60.0 Å². The number of carbonyl (C=O) groups is 2. The van der Waals surface area contributed by atoms with E-state index < -0.39 is 46.1 Å². The minimum Gasteiger partial charge on any atom is -0.451 e. The number of fused-ring (bicyclic) bond motifs is 1. The van der Waals surface area contributed by atoms with Crippen molar-refractivity contribution in [1.29, 1.82) is 0 Å². The van der Waals surface area contributed by atoms with Crippen LogP contribution < -0.4 is 10.6 Å². The summed E-state index contributed by atoms with van der Waals surface area (Å²) in [6.45, 7) is 7.27. The van der Waals surface area contributed by atoms with Gasteiger partial charge in [-0.3, -0.25) is 9.59 Å². The van der Waals surface area contributed by atoms with Gasteiger partial charge >= 0.3 is 0 Å². The zero-order chi connectivity index (χ0) is 28.3. The lowest BCUT2D eigenvalue weighted by Crippen LogP contribution is -2.54. The third-order valence-corrected chi connectivity index (χ3v) is 9.03. The monoisotopic (exact) mass is 556 g/mol. The predicted molar refractivity (Wildman–Crippen MR) is 146 cm³/mol. The van der Waals surface area contributed by atoms with Crippen molar-refractivity contribution in [2.75, 3.05) is 6.54 Å². The van der Waals surface area contributed by atoms with Crippen LogP contribution in [0, 0.1) is 12.8 Å². The summed E-state index contributed by atoms with van der Waals surface area (Å²) in [6.07, 6.45) is 1.42. The molecule has 0 unspecified atom stereocenters. The Morgan fingerprint density at radius 2 is 1.87 bits per heavy atom. The first kappa shape index (κ1) is 28.7. The second-order valence-corrected chi connectivity index (χ2v) is 12.4. The third-order valence-electron chi connectivity index (χ3n) is 7.14. The van der Waals surface area contributed by atoms with Gasteiger partial charge in [0.25, 0.3) is 15.9 Å². The highest BCUT2D eigenvalue weighted by Crippen LogP contribution is 2.26. The van der Waals surface area contributed by atoms with E-state index in [-0.39, 0.29) is 23.2 Å². The molecule has 2 amide bonds. The molecule has 4 atom stereocenters. The van der Waals surface area contributed by atoms with Crippen LogP contribution in [-0.4, -0.2) is 65.4 Å². The number of pyridine rings is 1. The first-order valence-electron chi connectivity index (χ1n) is 13.2. The number of para-hydroxylation sites is 1. The van der Waals surface area contributed by atoms with Gasteiger partial charge in [0.2, 0.25) is 5.91 Å². The number of rotatable bonds is 8. The molecule has 0 spiro atoms. The third kappa shape index (κ3) is 6.32. The number of aliphatic hydroxyl groups excluding tert-OH is 1. The number of benzene rings is 1. The predicted octanol–water partition coefficient (Wildman–Crippen LogP) is 3.00. The molecule has 10 nitrogen and oxygen atoms in total. The van der Waals surface area contributed by atoms with Crippen LogP contribution in [-0.2, 0) is 14.8 Å². The fourth-order valence-electron chi connectivity index (χ4n) is 4.97. The summed E-state index contributed by atoms with van der Waals surface area (Å²) >= 11 is 0.